The highest BCUT2D eigenvalue weighted by Gasteiger charge is 2.17. The predicted molar refractivity (Wildman–Crippen MR) is 84.9 cm³/mol. The van der Waals surface area contributed by atoms with Crippen LogP contribution in [0.2, 0.25) is 0 Å². The topological polar surface area (TPSA) is 48.0 Å². The maximum Gasteiger partial charge on any atom is 0.342 e. The zero-order chi connectivity index (χ0) is 15.0. The number of nitrogens with zero attached hydrogens (tertiary/aromatic N) is 1. The maximum atomic E-state index is 12.1. The van der Waals surface area contributed by atoms with Crippen molar-refractivity contribution in [1.82, 2.24) is 4.90 Å². The van der Waals surface area contributed by atoms with Crippen LogP contribution in [0, 0.1) is 0 Å². The first-order valence-electron chi connectivity index (χ1n) is 6.78. The summed E-state index contributed by atoms with van der Waals surface area (Å²) in [5.74, 6) is 0.529. The molecular formula is C15H24ClNO4. The molecule has 0 aliphatic carbocycles. The van der Waals surface area contributed by atoms with Crippen LogP contribution in [0.15, 0.2) is 18.2 Å². The van der Waals surface area contributed by atoms with Gasteiger partial charge in [-0.3, -0.25) is 0 Å². The van der Waals surface area contributed by atoms with Crippen LogP contribution in [0.1, 0.15) is 24.2 Å². The standard InChI is InChI=1S/C15H23NO4.ClH/c1-5-16(6-2)10-11-20-15(17)12-8-7-9-13(18-3)14(12)19-4;/h7-9H,5-6,10-11H2,1-4H3;1H. The first kappa shape index (κ1) is 19.5. The van der Waals surface area contributed by atoms with Gasteiger partial charge < -0.3 is 19.1 Å². The Morgan fingerprint density at radius 3 is 2.33 bits per heavy atom. The Hall–Kier alpha value is -1.46. The molecule has 0 atom stereocenters. The lowest BCUT2D eigenvalue weighted by Crippen LogP contribution is -2.28. The lowest BCUT2D eigenvalue weighted by molar-refractivity contribution is 0.0462. The first-order chi connectivity index (χ1) is 9.67. The van der Waals surface area contributed by atoms with Crippen LogP contribution in [-0.4, -0.2) is 51.3 Å². The summed E-state index contributed by atoms with van der Waals surface area (Å²) < 4.78 is 15.7. The number of benzene rings is 1. The Morgan fingerprint density at radius 2 is 1.81 bits per heavy atom. The number of rotatable bonds is 8. The molecule has 0 amide bonds. The number of methoxy groups -OCH3 is 2. The van der Waals surface area contributed by atoms with Crippen LogP contribution in [0.25, 0.3) is 0 Å². The summed E-state index contributed by atoms with van der Waals surface area (Å²) in [5.41, 5.74) is 0.381. The highest BCUT2D eigenvalue weighted by Crippen LogP contribution is 2.30. The third kappa shape index (κ3) is 5.44. The van der Waals surface area contributed by atoms with Gasteiger partial charge in [0.1, 0.15) is 12.2 Å². The second kappa shape index (κ2) is 10.3. The van der Waals surface area contributed by atoms with Crippen molar-refractivity contribution in [2.75, 3.05) is 40.5 Å². The summed E-state index contributed by atoms with van der Waals surface area (Å²) in [6, 6.07) is 5.15. The Labute approximate surface area is 132 Å². The summed E-state index contributed by atoms with van der Waals surface area (Å²) in [5, 5.41) is 0. The average molecular weight is 318 g/mol. The van der Waals surface area contributed by atoms with Gasteiger partial charge in [-0.25, -0.2) is 4.79 Å². The number of hydrogen-bond acceptors (Lipinski definition) is 5. The van der Waals surface area contributed by atoms with Crippen molar-refractivity contribution in [2.45, 2.75) is 13.8 Å². The molecule has 120 valence electrons. The lowest BCUT2D eigenvalue weighted by Gasteiger charge is -2.18. The second-order valence-electron chi connectivity index (χ2n) is 4.20. The van der Waals surface area contributed by atoms with E-state index in [1.165, 1.54) is 14.2 Å². The van der Waals surface area contributed by atoms with E-state index >= 15 is 0 Å². The van der Waals surface area contributed by atoms with Crippen LogP contribution >= 0.6 is 12.4 Å². The smallest absolute Gasteiger partial charge is 0.342 e. The third-order valence-corrected chi connectivity index (χ3v) is 3.16. The van der Waals surface area contributed by atoms with Crippen LogP contribution in [0.4, 0.5) is 0 Å². The quantitative estimate of drug-likeness (QED) is 0.690. The monoisotopic (exact) mass is 317 g/mol. The van der Waals surface area contributed by atoms with E-state index in [4.69, 9.17) is 14.2 Å². The van der Waals surface area contributed by atoms with E-state index in [1.54, 1.807) is 18.2 Å². The van der Waals surface area contributed by atoms with Gasteiger partial charge in [-0.15, -0.1) is 12.4 Å². The van der Waals surface area contributed by atoms with Gasteiger partial charge in [0.15, 0.2) is 11.5 Å². The molecule has 0 saturated carbocycles. The fraction of sp³-hybridized carbons (Fsp3) is 0.533. The SMILES string of the molecule is CCN(CC)CCOC(=O)c1cccc(OC)c1OC.Cl. The maximum absolute atomic E-state index is 12.1. The van der Waals surface area contributed by atoms with E-state index in [0.717, 1.165) is 19.6 Å². The van der Waals surface area contributed by atoms with E-state index in [9.17, 15) is 4.79 Å². The van der Waals surface area contributed by atoms with Crippen molar-refractivity contribution in [3.8, 4) is 11.5 Å². The molecule has 0 radical (unpaired) electrons. The van der Waals surface area contributed by atoms with Crippen molar-refractivity contribution in [1.29, 1.82) is 0 Å². The second-order valence-corrected chi connectivity index (χ2v) is 4.20. The van der Waals surface area contributed by atoms with Gasteiger partial charge in [-0.05, 0) is 25.2 Å². The molecule has 0 unspecified atom stereocenters. The van der Waals surface area contributed by atoms with E-state index in [-0.39, 0.29) is 12.4 Å². The molecule has 0 aliphatic rings. The Morgan fingerprint density at radius 1 is 1.14 bits per heavy atom. The molecule has 21 heavy (non-hydrogen) atoms. The summed E-state index contributed by atoms with van der Waals surface area (Å²) in [6.07, 6.45) is 0. The molecule has 0 bridgehead atoms. The van der Waals surface area contributed by atoms with Crippen LogP contribution in [0.3, 0.4) is 0 Å². The van der Waals surface area contributed by atoms with Crippen molar-refractivity contribution in [2.24, 2.45) is 0 Å². The van der Waals surface area contributed by atoms with Crippen LogP contribution in [0.5, 0.6) is 11.5 Å². The molecule has 0 aliphatic heterocycles. The molecule has 0 N–H and O–H groups in total. The molecule has 1 rings (SSSR count). The van der Waals surface area contributed by atoms with Gasteiger partial charge in [-0.2, -0.15) is 0 Å². The van der Waals surface area contributed by atoms with Gasteiger partial charge >= 0.3 is 5.97 Å². The minimum atomic E-state index is -0.395. The number of para-hydroxylation sites is 1. The number of esters is 1. The van der Waals surface area contributed by atoms with Gasteiger partial charge in [0, 0.05) is 6.54 Å². The first-order valence-corrected chi connectivity index (χ1v) is 6.78. The highest BCUT2D eigenvalue weighted by atomic mass is 35.5. The normalized spacial score (nSPS) is 9.95. The van der Waals surface area contributed by atoms with Gasteiger partial charge in [0.05, 0.1) is 14.2 Å². The van der Waals surface area contributed by atoms with Crippen LogP contribution < -0.4 is 9.47 Å². The lowest BCUT2D eigenvalue weighted by atomic mass is 10.2. The number of halogens is 1. The van der Waals surface area contributed by atoms with Gasteiger partial charge in [-0.1, -0.05) is 19.9 Å². The molecule has 0 aromatic heterocycles. The molecular weight excluding hydrogens is 294 g/mol. The zero-order valence-electron chi connectivity index (χ0n) is 13.0. The van der Waals surface area contributed by atoms with Crippen molar-refractivity contribution in [3.05, 3.63) is 23.8 Å². The number of hydrogen-bond donors (Lipinski definition) is 0. The Kier molecular flexibility index (Phi) is 9.58. The number of likely N-dealkylation sites (N-methyl/N-ethyl adjacent to an activating group) is 1. The summed E-state index contributed by atoms with van der Waals surface area (Å²) in [6.45, 7) is 7.13. The largest absolute Gasteiger partial charge is 0.493 e. The third-order valence-electron chi connectivity index (χ3n) is 3.16. The minimum absolute atomic E-state index is 0. The fourth-order valence-corrected chi connectivity index (χ4v) is 1.93. The van der Waals surface area contributed by atoms with E-state index in [0.29, 0.717) is 23.7 Å². The Bertz CT molecular complexity index is 436. The molecule has 0 heterocycles. The molecule has 0 fully saturated rings. The zero-order valence-corrected chi connectivity index (χ0v) is 13.9. The molecule has 6 heteroatoms. The molecule has 1 aromatic rings. The van der Waals surface area contributed by atoms with Crippen molar-refractivity contribution in [3.63, 3.8) is 0 Å². The predicted octanol–water partition coefficient (Wildman–Crippen LogP) is 2.62. The highest BCUT2D eigenvalue weighted by molar-refractivity contribution is 5.93. The summed E-state index contributed by atoms with van der Waals surface area (Å²) in [7, 11) is 3.04. The van der Waals surface area contributed by atoms with E-state index in [1.807, 2.05) is 0 Å². The summed E-state index contributed by atoms with van der Waals surface area (Å²) in [4.78, 5) is 14.3. The van der Waals surface area contributed by atoms with Gasteiger partial charge in [0.2, 0.25) is 0 Å². The van der Waals surface area contributed by atoms with Crippen molar-refractivity contribution < 1.29 is 19.0 Å². The summed E-state index contributed by atoms with van der Waals surface area (Å²) >= 11 is 0. The van der Waals surface area contributed by atoms with Crippen LogP contribution in [-0.2, 0) is 4.74 Å². The number of ether oxygens (including phenoxy) is 3. The van der Waals surface area contributed by atoms with E-state index < -0.39 is 5.97 Å². The fourth-order valence-electron chi connectivity index (χ4n) is 1.93. The molecule has 0 saturated heterocycles. The molecule has 0 spiro atoms. The molecule has 5 nitrogen and oxygen atoms in total. The van der Waals surface area contributed by atoms with Crippen molar-refractivity contribution >= 4 is 18.4 Å². The Balaban J connectivity index is 0.00000400. The number of carbonyl (C=O) groups excluding carboxylic acids is 1. The minimum Gasteiger partial charge on any atom is -0.493 e. The average Bonchev–Trinajstić information content (AvgIpc) is 2.50. The van der Waals surface area contributed by atoms with Gasteiger partial charge in [0.25, 0.3) is 0 Å². The molecule has 1 aromatic carbocycles. The van der Waals surface area contributed by atoms with E-state index in [2.05, 4.69) is 18.7 Å². The number of carbonyl (C=O) groups is 1.